The van der Waals surface area contributed by atoms with Crippen LogP contribution in [-0.2, 0) is 9.59 Å². The van der Waals surface area contributed by atoms with Gasteiger partial charge in [0.25, 0.3) is 0 Å². The summed E-state index contributed by atoms with van der Waals surface area (Å²) in [6.07, 6.45) is 0.195. The first-order valence-corrected chi connectivity index (χ1v) is 6.67. The summed E-state index contributed by atoms with van der Waals surface area (Å²) in [6.45, 7) is 1.91. The molecule has 0 spiro atoms. The zero-order valence-electron chi connectivity index (χ0n) is 10.6. The second kappa shape index (κ2) is 5.49. The van der Waals surface area contributed by atoms with Crippen LogP contribution in [0.3, 0.4) is 0 Å². The van der Waals surface area contributed by atoms with Gasteiger partial charge in [0.1, 0.15) is 0 Å². The lowest BCUT2D eigenvalue weighted by atomic mass is 10.1. The third-order valence-corrected chi connectivity index (χ3v) is 4.02. The first-order chi connectivity index (χ1) is 8.90. The zero-order chi connectivity index (χ0) is 14.2. The molecular weight excluding hydrogens is 287 g/mol. The summed E-state index contributed by atoms with van der Waals surface area (Å²) < 4.78 is 0. The number of likely N-dealkylation sites (N-methyl/N-ethyl adjacent to an activating group) is 1. The first kappa shape index (κ1) is 14.3. The third kappa shape index (κ3) is 2.91. The lowest BCUT2D eigenvalue weighted by Gasteiger charge is -2.18. The van der Waals surface area contributed by atoms with Crippen LogP contribution in [0.5, 0.6) is 0 Å². The average Bonchev–Trinajstić information content (AvgIpc) is 2.60. The second-order valence-electron chi connectivity index (χ2n) is 4.61. The van der Waals surface area contributed by atoms with E-state index in [0.717, 1.165) is 10.5 Å². The molecule has 1 aromatic rings. The van der Waals surface area contributed by atoms with Gasteiger partial charge in [0.15, 0.2) is 0 Å². The fourth-order valence-corrected chi connectivity index (χ4v) is 2.37. The van der Waals surface area contributed by atoms with E-state index in [0.29, 0.717) is 10.0 Å². The second-order valence-corrected chi connectivity index (χ2v) is 5.42. The maximum absolute atomic E-state index is 11.8. The van der Waals surface area contributed by atoms with E-state index in [2.05, 4.69) is 5.32 Å². The van der Waals surface area contributed by atoms with E-state index >= 15 is 0 Å². The maximum atomic E-state index is 11.8. The van der Waals surface area contributed by atoms with E-state index in [-0.39, 0.29) is 24.3 Å². The van der Waals surface area contributed by atoms with Crippen LogP contribution in [0.15, 0.2) is 18.2 Å². The highest BCUT2D eigenvalue weighted by molar-refractivity contribution is 6.42. The Kier molecular flexibility index (Phi) is 4.13. The average molecular weight is 301 g/mol. The van der Waals surface area contributed by atoms with Gasteiger partial charge in [-0.15, -0.1) is 0 Å². The molecule has 2 atom stereocenters. The maximum Gasteiger partial charge on any atom is 0.246 e. The predicted octanol–water partition coefficient (Wildman–Crippen LogP) is 2.40. The fourth-order valence-electron chi connectivity index (χ4n) is 2.07. The minimum atomic E-state index is -0.470. The van der Waals surface area contributed by atoms with Gasteiger partial charge < -0.3 is 0 Å². The number of halogens is 2. The molecule has 1 heterocycles. The molecule has 1 aliphatic rings. The van der Waals surface area contributed by atoms with Crippen LogP contribution in [0.1, 0.15) is 24.9 Å². The molecule has 0 aromatic heterocycles. The molecule has 102 valence electrons. The Morgan fingerprint density at radius 1 is 1.32 bits per heavy atom. The van der Waals surface area contributed by atoms with Crippen LogP contribution in [0.4, 0.5) is 0 Å². The van der Waals surface area contributed by atoms with Crippen molar-refractivity contribution in [3.05, 3.63) is 33.8 Å². The Hall–Kier alpha value is -1.10. The topological polar surface area (TPSA) is 49.4 Å². The summed E-state index contributed by atoms with van der Waals surface area (Å²) in [7, 11) is 1.50. The molecule has 4 nitrogen and oxygen atoms in total. The van der Waals surface area contributed by atoms with E-state index in [9.17, 15) is 9.59 Å². The number of benzene rings is 1. The lowest BCUT2D eigenvalue weighted by molar-refractivity contribution is -0.137. The summed E-state index contributed by atoms with van der Waals surface area (Å²) in [5, 5.41) is 4.10. The molecular formula is C13H14Cl2N2O2. The number of rotatable bonds is 3. The first-order valence-electron chi connectivity index (χ1n) is 5.91. The molecule has 19 heavy (non-hydrogen) atoms. The third-order valence-electron chi connectivity index (χ3n) is 3.28. The number of imide groups is 1. The van der Waals surface area contributed by atoms with Gasteiger partial charge >= 0.3 is 0 Å². The smallest absolute Gasteiger partial charge is 0.246 e. The standard InChI is InChI=1S/C13H14Cl2N2O2/c1-7(8-3-4-9(14)10(15)5-8)16-11-6-12(18)17(2)13(11)19/h3-5,7,11,16H,6H2,1-2H3. The molecule has 1 aliphatic heterocycles. The van der Waals surface area contributed by atoms with Crippen molar-refractivity contribution in [2.45, 2.75) is 25.4 Å². The van der Waals surface area contributed by atoms with Crippen LogP contribution < -0.4 is 5.32 Å². The van der Waals surface area contributed by atoms with Crippen LogP contribution in [0.25, 0.3) is 0 Å². The number of hydrogen-bond acceptors (Lipinski definition) is 3. The number of nitrogens with one attached hydrogen (secondary N) is 1. The van der Waals surface area contributed by atoms with E-state index in [1.807, 2.05) is 13.0 Å². The van der Waals surface area contributed by atoms with E-state index in [4.69, 9.17) is 23.2 Å². The molecule has 1 saturated heterocycles. The Morgan fingerprint density at radius 2 is 2.00 bits per heavy atom. The largest absolute Gasteiger partial charge is 0.299 e. The highest BCUT2D eigenvalue weighted by Gasteiger charge is 2.36. The fraction of sp³-hybridized carbons (Fsp3) is 0.385. The van der Waals surface area contributed by atoms with Gasteiger partial charge in [0, 0.05) is 13.1 Å². The normalized spacial score (nSPS) is 21.1. The van der Waals surface area contributed by atoms with Crippen LogP contribution >= 0.6 is 23.2 Å². The van der Waals surface area contributed by atoms with Crippen molar-refractivity contribution < 1.29 is 9.59 Å². The van der Waals surface area contributed by atoms with Crippen molar-refractivity contribution in [3.63, 3.8) is 0 Å². The Morgan fingerprint density at radius 3 is 2.53 bits per heavy atom. The quantitative estimate of drug-likeness (QED) is 0.872. The Balaban J connectivity index is 2.09. The lowest BCUT2D eigenvalue weighted by Crippen LogP contribution is -2.38. The summed E-state index contributed by atoms with van der Waals surface area (Å²) in [6, 6.07) is 4.75. The molecule has 0 saturated carbocycles. The molecule has 0 radical (unpaired) electrons. The molecule has 6 heteroatoms. The van der Waals surface area contributed by atoms with E-state index in [1.165, 1.54) is 7.05 Å². The van der Waals surface area contributed by atoms with Gasteiger partial charge in [0.2, 0.25) is 11.8 Å². The number of hydrogen-bond donors (Lipinski definition) is 1. The van der Waals surface area contributed by atoms with E-state index in [1.54, 1.807) is 12.1 Å². The zero-order valence-corrected chi connectivity index (χ0v) is 12.1. The highest BCUT2D eigenvalue weighted by atomic mass is 35.5. The minimum Gasteiger partial charge on any atom is -0.299 e. The summed E-state index contributed by atoms with van der Waals surface area (Å²) in [4.78, 5) is 24.4. The molecule has 2 rings (SSSR count). The van der Waals surface area contributed by atoms with Crippen LogP contribution in [0, 0.1) is 0 Å². The highest BCUT2D eigenvalue weighted by Crippen LogP contribution is 2.26. The summed E-state index contributed by atoms with van der Waals surface area (Å²) in [5.41, 5.74) is 0.921. The van der Waals surface area contributed by atoms with Gasteiger partial charge in [-0.3, -0.25) is 19.8 Å². The molecule has 1 N–H and O–H groups in total. The van der Waals surface area contributed by atoms with E-state index < -0.39 is 6.04 Å². The predicted molar refractivity (Wildman–Crippen MR) is 74.2 cm³/mol. The molecule has 1 aromatic carbocycles. The van der Waals surface area contributed by atoms with Gasteiger partial charge in [0.05, 0.1) is 22.5 Å². The number of carbonyl (C=O) groups is 2. The van der Waals surface area contributed by atoms with Crippen LogP contribution in [0.2, 0.25) is 10.0 Å². The van der Waals surface area contributed by atoms with Crippen molar-refractivity contribution in [3.8, 4) is 0 Å². The molecule has 0 bridgehead atoms. The van der Waals surface area contributed by atoms with Crippen molar-refractivity contribution in [1.82, 2.24) is 10.2 Å². The van der Waals surface area contributed by atoms with Crippen molar-refractivity contribution in [2.24, 2.45) is 0 Å². The molecule has 2 unspecified atom stereocenters. The number of carbonyl (C=O) groups excluding carboxylic acids is 2. The Bertz CT molecular complexity index is 533. The SMILES string of the molecule is CC(NC1CC(=O)N(C)C1=O)c1ccc(Cl)c(Cl)c1. The number of nitrogens with zero attached hydrogens (tertiary/aromatic N) is 1. The molecule has 1 fully saturated rings. The van der Waals surface area contributed by atoms with Crippen LogP contribution in [-0.4, -0.2) is 29.8 Å². The summed E-state index contributed by atoms with van der Waals surface area (Å²) in [5.74, 6) is -0.360. The van der Waals surface area contributed by atoms with Crippen molar-refractivity contribution in [1.29, 1.82) is 0 Å². The van der Waals surface area contributed by atoms with Gasteiger partial charge in [-0.1, -0.05) is 29.3 Å². The minimum absolute atomic E-state index is 0.0944. The van der Waals surface area contributed by atoms with Crippen molar-refractivity contribution in [2.75, 3.05) is 7.05 Å². The monoisotopic (exact) mass is 300 g/mol. The van der Waals surface area contributed by atoms with Gasteiger partial charge in [-0.2, -0.15) is 0 Å². The molecule has 2 amide bonds. The van der Waals surface area contributed by atoms with Gasteiger partial charge in [-0.25, -0.2) is 0 Å². The van der Waals surface area contributed by atoms with Gasteiger partial charge in [-0.05, 0) is 24.6 Å². The number of likely N-dealkylation sites (tertiary alicyclic amines) is 1. The Labute approximate surface area is 121 Å². The molecule has 0 aliphatic carbocycles. The number of amides is 2. The summed E-state index contributed by atoms with van der Waals surface area (Å²) >= 11 is 11.8. The van der Waals surface area contributed by atoms with Crippen molar-refractivity contribution >= 4 is 35.0 Å².